The largest absolute Gasteiger partial charge is 0.377 e. The van der Waals surface area contributed by atoms with E-state index in [4.69, 9.17) is 16.2 Å². The van der Waals surface area contributed by atoms with Crippen LogP contribution in [0.3, 0.4) is 0 Å². The van der Waals surface area contributed by atoms with Crippen molar-refractivity contribution in [2.24, 2.45) is 11.5 Å². The molecule has 0 aromatic heterocycles. The van der Waals surface area contributed by atoms with Gasteiger partial charge in [0.15, 0.2) is 0 Å². The normalized spacial score (nSPS) is 25.6. The van der Waals surface area contributed by atoms with Crippen molar-refractivity contribution in [2.75, 3.05) is 39.3 Å². The first-order valence-corrected chi connectivity index (χ1v) is 7.23. The molecule has 2 fully saturated rings. The fourth-order valence-corrected chi connectivity index (χ4v) is 2.77. The molecule has 7 heteroatoms. The molecule has 2 aliphatic heterocycles. The standard InChI is InChI=1S/C13H24N4O3/c14-11(8-12(15)18)13(19)17-5-3-16(4-6-17)9-10-2-1-7-20-10/h10-11H,1-9,14H2,(H2,15,18). The Bertz CT molecular complexity index is 350. The Morgan fingerprint density at radius 1 is 1.25 bits per heavy atom. The predicted molar refractivity (Wildman–Crippen MR) is 73.8 cm³/mol. The van der Waals surface area contributed by atoms with Crippen LogP contribution < -0.4 is 11.5 Å². The molecular weight excluding hydrogens is 260 g/mol. The second-order valence-corrected chi connectivity index (χ2v) is 5.54. The zero-order chi connectivity index (χ0) is 14.5. The fraction of sp³-hybridized carbons (Fsp3) is 0.846. The topological polar surface area (TPSA) is 102 Å². The van der Waals surface area contributed by atoms with E-state index in [-0.39, 0.29) is 12.3 Å². The molecule has 0 aromatic carbocycles. The van der Waals surface area contributed by atoms with Crippen molar-refractivity contribution in [3.8, 4) is 0 Å². The highest BCUT2D eigenvalue weighted by Gasteiger charge is 2.27. The number of carbonyl (C=O) groups excluding carboxylic acids is 2. The molecule has 7 nitrogen and oxygen atoms in total. The Balaban J connectivity index is 1.72. The number of rotatable bonds is 5. The van der Waals surface area contributed by atoms with Crippen LogP contribution in [0.15, 0.2) is 0 Å². The van der Waals surface area contributed by atoms with Crippen molar-refractivity contribution in [1.82, 2.24) is 9.80 Å². The molecule has 0 radical (unpaired) electrons. The third kappa shape index (κ3) is 4.16. The average Bonchev–Trinajstić information content (AvgIpc) is 2.91. The van der Waals surface area contributed by atoms with E-state index < -0.39 is 11.9 Å². The number of carbonyl (C=O) groups is 2. The second kappa shape index (κ2) is 7.01. The number of piperazine rings is 1. The summed E-state index contributed by atoms with van der Waals surface area (Å²) in [7, 11) is 0. The summed E-state index contributed by atoms with van der Waals surface area (Å²) in [5, 5.41) is 0. The van der Waals surface area contributed by atoms with E-state index >= 15 is 0 Å². The average molecular weight is 284 g/mol. The van der Waals surface area contributed by atoms with Crippen molar-refractivity contribution in [3.05, 3.63) is 0 Å². The highest BCUT2D eigenvalue weighted by atomic mass is 16.5. The number of amides is 2. The lowest BCUT2D eigenvalue weighted by Crippen LogP contribution is -2.54. The van der Waals surface area contributed by atoms with Crippen LogP contribution in [-0.4, -0.2) is 73.1 Å². The van der Waals surface area contributed by atoms with Crippen molar-refractivity contribution in [2.45, 2.75) is 31.4 Å². The minimum atomic E-state index is -0.808. The number of nitrogens with zero attached hydrogens (tertiary/aromatic N) is 2. The monoisotopic (exact) mass is 284 g/mol. The maximum atomic E-state index is 12.0. The summed E-state index contributed by atoms with van der Waals surface area (Å²) >= 11 is 0. The highest BCUT2D eigenvalue weighted by molar-refractivity contribution is 5.87. The van der Waals surface area contributed by atoms with Crippen molar-refractivity contribution in [3.63, 3.8) is 0 Å². The van der Waals surface area contributed by atoms with E-state index in [1.165, 1.54) is 0 Å². The Kier molecular flexibility index (Phi) is 5.33. The summed E-state index contributed by atoms with van der Waals surface area (Å²) in [6.45, 7) is 4.76. The molecule has 0 aliphatic carbocycles. The lowest BCUT2D eigenvalue weighted by molar-refractivity contribution is -0.136. The van der Waals surface area contributed by atoms with Crippen LogP contribution in [0.5, 0.6) is 0 Å². The van der Waals surface area contributed by atoms with Crippen molar-refractivity contribution in [1.29, 1.82) is 0 Å². The first-order valence-electron chi connectivity index (χ1n) is 7.23. The molecule has 2 saturated heterocycles. The molecule has 4 N–H and O–H groups in total. The molecule has 0 spiro atoms. The van der Waals surface area contributed by atoms with Crippen LogP contribution in [0.25, 0.3) is 0 Å². The number of nitrogens with two attached hydrogens (primary N) is 2. The first-order chi connectivity index (χ1) is 9.56. The third-order valence-electron chi connectivity index (χ3n) is 3.91. The summed E-state index contributed by atoms with van der Waals surface area (Å²) in [6, 6.07) is -0.808. The molecule has 2 amide bonds. The van der Waals surface area contributed by atoms with Crippen LogP contribution >= 0.6 is 0 Å². The number of hydrogen-bond donors (Lipinski definition) is 2. The van der Waals surface area contributed by atoms with E-state index in [9.17, 15) is 9.59 Å². The minimum absolute atomic E-state index is 0.0883. The van der Waals surface area contributed by atoms with E-state index in [2.05, 4.69) is 4.90 Å². The summed E-state index contributed by atoms with van der Waals surface area (Å²) in [5.74, 6) is -0.719. The molecular formula is C13H24N4O3. The molecule has 2 aliphatic rings. The van der Waals surface area contributed by atoms with Gasteiger partial charge in [-0.1, -0.05) is 0 Å². The zero-order valence-electron chi connectivity index (χ0n) is 11.8. The molecule has 20 heavy (non-hydrogen) atoms. The fourth-order valence-electron chi connectivity index (χ4n) is 2.77. The van der Waals surface area contributed by atoms with Gasteiger partial charge in [-0.3, -0.25) is 14.5 Å². The van der Waals surface area contributed by atoms with Crippen LogP contribution in [0.4, 0.5) is 0 Å². The van der Waals surface area contributed by atoms with E-state index in [0.717, 1.165) is 39.1 Å². The Hall–Kier alpha value is -1.18. The van der Waals surface area contributed by atoms with Gasteiger partial charge in [0.05, 0.1) is 18.6 Å². The Morgan fingerprint density at radius 2 is 1.95 bits per heavy atom. The predicted octanol–water partition coefficient (Wildman–Crippen LogP) is -1.49. The van der Waals surface area contributed by atoms with Crippen molar-refractivity contribution < 1.29 is 14.3 Å². The zero-order valence-corrected chi connectivity index (χ0v) is 11.8. The molecule has 2 atom stereocenters. The van der Waals surface area contributed by atoms with E-state index in [1.807, 2.05) is 0 Å². The van der Waals surface area contributed by atoms with Crippen LogP contribution in [0.1, 0.15) is 19.3 Å². The highest BCUT2D eigenvalue weighted by Crippen LogP contribution is 2.14. The number of ether oxygens (including phenoxy) is 1. The molecule has 0 aromatic rings. The Morgan fingerprint density at radius 3 is 2.50 bits per heavy atom. The van der Waals surface area contributed by atoms with Crippen molar-refractivity contribution >= 4 is 11.8 Å². The second-order valence-electron chi connectivity index (χ2n) is 5.54. The molecule has 114 valence electrons. The lowest BCUT2D eigenvalue weighted by Gasteiger charge is -2.36. The van der Waals surface area contributed by atoms with Gasteiger partial charge in [0.2, 0.25) is 11.8 Å². The maximum absolute atomic E-state index is 12.0. The molecule has 0 bridgehead atoms. The van der Waals surface area contributed by atoms with Gasteiger partial charge in [-0.05, 0) is 12.8 Å². The van der Waals surface area contributed by atoms with Gasteiger partial charge in [0.25, 0.3) is 0 Å². The van der Waals surface area contributed by atoms with Gasteiger partial charge in [-0.15, -0.1) is 0 Å². The summed E-state index contributed by atoms with van der Waals surface area (Å²) in [5.41, 5.74) is 10.8. The quantitative estimate of drug-likeness (QED) is 0.640. The third-order valence-corrected chi connectivity index (χ3v) is 3.91. The maximum Gasteiger partial charge on any atom is 0.240 e. The number of hydrogen-bond acceptors (Lipinski definition) is 5. The van der Waals surface area contributed by atoms with Crippen LogP contribution in [0, 0.1) is 0 Å². The van der Waals surface area contributed by atoms with E-state index in [0.29, 0.717) is 19.2 Å². The summed E-state index contributed by atoms with van der Waals surface area (Å²) < 4.78 is 5.62. The van der Waals surface area contributed by atoms with Crippen LogP contribution in [0.2, 0.25) is 0 Å². The summed E-state index contributed by atoms with van der Waals surface area (Å²) in [4.78, 5) is 26.9. The van der Waals surface area contributed by atoms with E-state index in [1.54, 1.807) is 4.90 Å². The molecule has 0 saturated carbocycles. The molecule has 2 rings (SSSR count). The van der Waals surface area contributed by atoms with Gasteiger partial charge in [-0.25, -0.2) is 0 Å². The molecule has 2 unspecified atom stereocenters. The minimum Gasteiger partial charge on any atom is -0.377 e. The Labute approximate surface area is 119 Å². The number of primary amides is 1. The first kappa shape index (κ1) is 15.2. The smallest absolute Gasteiger partial charge is 0.240 e. The van der Waals surface area contributed by atoms with Gasteiger partial charge in [0.1, 0.15) is 0 Å². The van der Waals surface area contributed by atoms with Gasteiger partial charge >= 0.3 is 0 Å². The van der Waals surface area contributed by atoms with Gasteiger partial charge in [-0.2, -0.15) is 0 Å². The van der Waals surface area contributed by atoms with Gasteiger partial charge in [0, 0.05) is 39.3 Å². The summed E-state index contributed by atoms with van der Waals surface area (Å²) in [6.07, 6.45) is 2.53. The molecule has 2 heterocycles. The van der Waals surface area contributed by atoms with Gasteiger partial charge < -0.3 is 21.1 Å². The SMILES string of the molecule is NC(=O)CC(N)C(=O)N1CCN(CC2CCCO2)CC1. The lowest BCUT2D eigenvalue weighted by atomic mass is 10.1. The van der Waals surface area contributed by atoms with Crippen LogP contribution in [-0.2, 0) is 14.3 Å².